The van der Waals surface area contributed by atoms with Crippen LogP contribution in [0.2, 0.25) is 0 Å². The second-order valence-corrected chi connectivity index (χ2v) is 11.1. The van der Waals surface area contributed by atoms with E-state index in [1.807, 2.05) is 0 Å². The molecule has 0 radical (unpaired) electrons. The molecule has 15 heteroatoms. The number of rotatable bonds is 13. The number of esters is 5. The van der Waals surface area contributed by atoms with E-state index in [2.05, 4.69) is 17.2 Å². The Balaban J connectivity index is 2.64. The molecule has 2 N–H and O–H groups in total. The fourth-order valence-electron chi connectivity index (χ4n) is 5.49. The van der Waals surface area contributed by atoms with Crippen LogP contribution in [-0.4, -0.2) is 91.4 Å². The van der Waals surface area contributed by atoms with Crippen LogP contribution in [0.4, 0.5) is 0 Å². The Morgan fingerprint density at radius 1 is 0.957 bits per heavy atom. The lowest BCUT2D eigenvalue weighted by Crippen LogP contribution is -2.68. The van der Waals surface area contributed by atoms with E-state index in [1.54, 1.807) is 13.8 Å². The van der Waals surface area contributed by atoms with Gasteiger partial charge in [0.15, 0.2) is 17.8 Å². The van der Waals surface area contributed by atoms with Crippen LogP contribution in [0.25, 0.3) is 0 Å². The van der Waals surface area contributed by atoms with Crippen LogP contribution in [0.5, 0.6) is 5.75 Å². The van der Waals surface area contributed by atoms with Crippen LogP contribution in [0.15, 0.2) is 24.8 Å². The molecule has 0 unspecified atom stereocenters. The third-order valence-electron chi connectivity index (χ3n) is 7.11. The molecule has 2 rings (SSSR count). The minimum Gasteiger partial charge on any atom is -0.467 e. The van der Waals surface area contributed by atoms with Crippen molar-refractivity contribution in [2.45, 2.75) is 97.4 Å². The number of methoxy groups -OCH3 is 1. The highest BCUT2D eigenvalue weighted by Gasteiger charge is 2.57. The summed E-state index contributed by atoms with van der Waals surface area (Å²) < 4.78 is 33.2. The Kier molecular flexibility index (Phi) is 13.6. The van der Waals surface area contributed by atoms with Crippen molar-refractivity contribution in [3.8, 4) is 5.75 Å². The van der Waals surface area contributed by atoms with Gasteiger partial charge in [-0.2, -0.15) is 0 Å². The highest BCUT2D eigenvalue weighted by molar-refractivity contribution is 5.95. The molecule has 0 aliphatic carbocycles. The van der Waals surface area contributed by atoms with Gasteiger partial charge in [0, 0.05) is 53.0 Å². The quantitative estimate of drug-likeness (QED) is 0.134. The van der Waals surface area contributed by atoms with Crippen LogP contribution < -0.4 is 15.4 Å². The summed E-state index contributed by atoms with van der Waals surface area (Å²) in [7, 11) is 1.12. The van der Waals surface area contributed by atoms with Gasteiger partial charge in [-0.3, -0.25) is 28.8 Å². The van der Waals surface area contributed by atoms with Crippen molar-refractivity contribution in [3.63, 3.8) is 0 Å². The van der Waals surface area contributed by atoms with Crippen LogP contribution in [0, 0.1) is 13.8 Å². The summed E-state index contributed by atoms with van der Waals surface area (Å²) >= 11 is 0. The number of hydrogen-bond donors (Lipinski definition) is 2. The molecule has 47 heavy (non-hydrogen) atoms. The van der Waals surface area contributed by atoms with Crippen molar-refractivity contribution in [1.82, 2.24) is 10.6 Å². The first kappa shape index (κ1) is 38.4. The maximum absolute atomic E-state index is 13.3. The number of carbonyl (C=O) groups is 7. The molecule has 15 nitrogen and oxygen atoms in total. The first-order valence-corrected chi connectivity index (χ1v) is 14.7. The first-order chi connectivity index (χ1) is 21.9. The predicted molar refractivity (Wildman–Crippen MR) is 163 cm³/mol. The molecule has 1 aromatic carbocycles. The van der Waals surface area contributed by atoms with Gasteiger partial charge < -0.3 is 39.1 Å². The SMILES string of the molecule is C=CC[C@]1(C(=O)OC)C[C@H](OC(C)=O)[C@@H](NC(C)=O)[C@@H]([C@H](OC(C)=O)[C@@H](CNC(=O)c2cc(C)c(OC(C)=O)c(C)c2)OC(C)=O)O1. The average molecular weight is 663 g/mol. The number of hydrogen-bond acceptors (Lipinski definition) is 13. The van der Waals surface area contributed by atoms with Crippen molar-refractivity contribution in [2.75, 3.05) is 13.7 Å². The molecule has 1 aromatic rings. The van der Waals surface area contributed by atoms with E-state index in [-0.39, 0.29) is 18.4 Å². The molecule has 0 bridgehead atoms. The highest BCUT2D eigenvalue weighted by Crippen LogP contribution is 2.38. The molecule has 258 valence electrons. The minimum atomic E-state index is -1.84. The molecule has 1 heterocycles. The van der Waals surface area contributed by atoms with Crippen molar-refractivity contribution in [1.29, 1.82) is 0 Å². The van der Waals surface area contributed by atoms with E-state index in [0.29, 0.717) is 16.9 Å². The second kappa shape index (κ2) is 16.7. The number of amides is 2. The van der Waals surface area contributed by atoms with Crippen molar-refractivity contribution < 1.29 is 62.0 Å². The predicted octanol–water partition coefficient (Wildman–Crippen LogP) is 1.54. The summed E-state index contributed by atoms with van der Waals surface area (Å²) in [5.74, 6) is -4.75. The normalized spacial score (nSPS) is 21.6. The van der Waals surface area contributed by atoms with E-state index in [9.17, 15) is 33.6 Å². The molecule has 1 fully saturated rings. The van der Waals surface area contributed by atoms with Gasteiger partial charge in [-0.1, -0.05) is 6.08 Å². The fraction of sp³-hybridized carbons (Fsp3) is 0.531. The summed E-state index contributed by atoms with van der Waals surface area (Å²) in [5.41, 5.74) is -0.646. The van der Waals surface area contributed by atoms with Gasteiger partial charge in [-0.25, -0.2) is 4.79 Å². The van der Waals surface area contributed by atoms with E-state index >= 15 is 0 Å². The summed E-state index contributed by atoms with van der Waals surface area (Å²) in [6, 6.07) is 1.74. The minimum absolute atomic E-state index is 0.148. The van der Waals surface area contributed by atoms with Crippen molar-refractivity contribution in [3.05, 3.63) is 41.5 Å². The van der Waals surface area contributed by atoms with Gasteiger partial charge >= 0.3 is 29.8 Å². The maximum Gasteiger partial charge on any atom is 0.338 e. The van der Waals surface area contributed by atoms with E-state index in [1.165, 1.54) is 32.1 Å². The fourth-order valence-corrected chi connectivity index (χ4v) is 5.49. The lowest BCUT2D eigenvalue weighted by atomic mass is 9.81. The largest absolute Gasteiger partial charge is 0.467 e. The van der Waals surface area contributed by atoms with Crippen molar-refractivity contribution in [2.24, 2.45) is 0 Å². The summed E-state index contributed by atoms with van der Waals surface area (Å²) in [6.45, 7) is 12.3. The second-order valence-electron chi connectivity index (χ2n) is 11.1. The Bertz CT molecular complexity index is 1380. The molecule has 1 saturated heterocycles. The molecule has 6 atom stereocenters. The number of benzene rings is 1. The molecule has 1 aliphatic heterocycles. The zero-order chi connectivity index (χ0) is 35.6. The Hall–Kier alpha value is -4.79. The molecule has 0 spiro atoms. The van der Waals surface area contributed by atoms with Gasteiger partial charge in [-0.15, -0.1) is 6.58 Å². The molecule has 2 amide bonds. The third kappa shape index (κ3) is 10.4. The molecular formula is C32H42N2O13. The first-order valence-electron chi connectivity index (χ1n) is 14.7. The highest BCUT2D eigenvalue weighted by atomic mass is 16.6. The van der Waals surface area contributed by atoms with Gasteiger partial charge in [-0.05, 0) is 37.1 Å². The zero-order valence-corrected chi connectivity index (χ0v) is 27.8. The summed E-state index contributed by atoms with van der Waals surface area (Å²) in [6.07, 6.45) is -4.83. The maximum atomic E-state index is 13.3. The van der Waals surface area contributed by atoms with Gasteiger partial charge in [0.05, 0.1) is 19.7 Å². The molecule has 0 saturated carbocycles. The van der Waals surface area contributed by atoms with E-state index in [4.69, 9.17) is 28.4 Å². The summed E-state index contributed by atoms with van der Waals surface area (Å²) in [5, 5.41) is 5.27. The van der Waals surface area contributed by atoms with Crippen LogP contribution >= 0.6 is 0 Å². The van der Waals surface area contributed by atoms with E-state index in [0.717, 1.165) is 27.9 Å². The standard InChI is InChI=1S/C32H42N2O13/c1-10-11-32(31(41)42-9)14-24(43-19(5)36)26(34-18(4)35)29(47-32)28(46-22(8)39)25(44-20(6)37)15-33-30(40)23-12-16(2)27(17(3)13-23)45-21(7)38/h10,12-13,24-26,28-29H,1,11,14-15H2,2-9H3,(H,33,40)(H,34,35)/t24-,25+,26+,28+,29-,32+/m0/s1. The number of aryl methyl sites for hydroxylation is 2. The van der Waals surface area contributed by atoms with Crippen LogP contribution in [0.1, 0.15) is 68.9 Å². The zero-order valence-electron chi connectivity index (χ0n) is 27.8. The molecule has 0 aromatic heterocycles. The van der Waals surface area contributed by atoms with Crippen LogP contribution in [-0.2, 0) is 52.5 Å². The topological polar surface area (TPSA) is 199 Å². The molecule has 1 aliphatic rings. The smallest absolute Gasteiger partial charge is 0.338 e. The summed E-state index contributed by atoms with van der Waals surface area (Å²) in [4.78, 5) is 87.3. The Morgan fingerprint density at radius 2 is 1.55 bits per heavy atom. The third-order valence-corrected chi connectivity index (χ3v) is 7.11. The number of nitrogens with one attached hydrogen (secondary N) is 2. The Labute approximate surface area is 272 Å². The average Bonchev–Trinajstić information content (AvgIpc) is 2.95. The Morgan fingerprint density at radius 3 is 2.02 bits per heavy atom. The van der Waals surface area contributed by atoms with Crippen molar-refractivity contribution >= 4 is 41.7 Å². The molecular weight excluding hydrogens is 620 g/mol. The van der Waals surface area contributed by atoms with Gasteiger partial charge in [0.1, 0.15) is 18.0 Å². The number of ether oxygens (including phenoxy) is 6. The van der Waals surface area contributed by atoms with E-state index < -0.39 is 84.3 Å². The van der Waals surface area contributed by atoms with Crippen LogP contribution in [0.3, 0.4) is 0 Å². The lowest BCUT2D eigenvalue weighted by molar-refractivity contribution is -0.239. The lowest BCUT2D eigenvalue weighted by Gasteiger charge is -2.49. The number of carbonyl (C=O) groups excluding carboxylic acids is 7. The monoisotopic (exact) mass is 662 g/mol. The van der Waals surface area contributed by atoms with Gasteiger partial charge in [0.2, 0.25) is 5.91 Å². The van der Waals surface area contributed by atoms with Gasteiger partial charge in [0.25, 0.3) is 5.91 Å².